The van der Waals surface area contributed by atoms with E-state index in [0.29, 0.717) is 27.5 Å². The lowest BCUT2D eigenvalue weighted by atomic mass is 10.2. The fraction of sp³-hybridized carbons (Fsp3) is 0.105. The van der Waals surface area contributed by atoms with Crippen LogP contribution in [0.4, 0.5) is 5.69 Å². The Balaban J connectivity index is 1.45. The van der Waals surface area contributed by atoms with Gasteiger partial charge in [0.05, 0.1) is 5.75 Å². The van der Waals surface area contributed by atoms with Gasteiger partial charge in [-0.2, -0.15) is 0 Å². The summed E-state index contributed by atoms with van der Waals surface area (Å²) in [7, 11) is 1.85. The molecular weight excluding hydrogens is 464 g/mol. The number of rotatable bonds is 5. The number of thioether (sulfide) groups is 1. The predicted octanol–water partition coefficient (Wildman–Crippen LogP) is 5.38. The van der Waals surface area contributed by atoms with Gasteiger partial charge in [0.1, 0.15) is 5.58 Å². The Hall–Kier alpha value is -2.29. The van der Waals surface area contributed by atoms with Gasteiger partial charge >= 0.3 is 0 Å². The highest BCUT2D eigenvalue weighted by Crippen LogP contribution is 2.30. The predicted molar refractivity (Wildman–Crippen MR) is 115 cm³/mol. The zero-order valence-electron chi connectivity index (χ0n) is 14.6. The van der Waals surface area contributed by atoms with Crippen molar-refractivity contribution in [3.05, 3.63) is 58.0 Å². The highest BCUT2D eigenvalue weighted by molar-refractivity contribution is 9.10. The Morgan fingerprint density at radius 2 is 2.00 bits per heavy atom. The van der Waals surface area contributed by atoms with Gasteiger partial charge in [-0.25, -0.2) is 0 Å². The van der Waals surface area contributed by atoms with Crippen molar-refractivity contribution in [2.75, 3.05) is 11.1 Å². The van der Waals surface area contributed by atoms with E-state index in [9.17, 15) is 4.79 Å². The van der Waals surface area contributed by atoms with Gasteiger partial charge in [0.15, 0.2) is 16.7 Å². The van der Waals surface area contributed by atoms with E-state index >= 15 is 0 Å². The molecule has 2 aromatic carbocycles. The molecule has 1 N–H and O–H groups in total. The van der Waals surface area contributed by atoms with Crippen LogP contribution in [0.3, 0.4) is 0 Å². The minimum atomic E-state index is -0.134. The molecule has 4 aromatic rings. The van der Waals surface area contributed by atoms with Crippen LogP contribution in [0.15, 0.2) is 62.6 Å². The molecule has 6 nitrogen and oxygen atoms in total. The van der Waals surface area contributed by atoms with Crippen LogP contribution in [0.2, 0.25) is 5.02 Å². The molecule has 0 aliphatic heterocycles. The minimum Gasteiger partial charge on any atom is -0.453 e. The van der Waals surface area contributed by atoms with E-state index in [1.165, 1.54) is 11.8 Å². The number of aromatic nitrogens is 3. The molecule has 2 aromatic heterocycles. The third-order valence-electron chi connectivity index (χ3n) is 3.99. The smallest absolute Gasteiger partial charge is 0.234 e. The number of fused-ring (bicyclic) bond motifs is 1. The molecule has 0 bridgehead atoms. The van der Waals surface area contributed by atoms with Crippen LogP contribution in [0.5, 0.6) is 0 Å². The van der Waals surface area contributed by atoms with Crippen molar-refractivity contribution >= 4 is 61.9 Å². The largest absolute Gasteiger partial charge is 0.453 e. The Morgan fingerprint density at radius 3 is 2.79 bits per heavy atom. The van der Waals surface area contributed by atoms with E-state index in [0.717, 1.165) is 15.4 Å². The molecule has 1 amide bonds. The van der Waals surface area contributed by atoms with Crippen LogP contribution in [0, 0.1) is 0 Å². The topological polar surface area (TPSA) is 73.0 Å². The van der Waals surface area contributed by atoms with Crippen molar-refractivity contribution in [2.24, 2.45) is 7.05 Å². The second kappa shape index (κ2) is 7.98. The quantitative estimate of drug-likeness (QED) is 0.391. The molecule has 0 saturated heterocycles. The fourth-order valence-electron chi connectivity index (χ4n) is 2.64. The molecule has 0 unspecified atom stereocenters. The Morgan fingerprint density at radius 1 is 1.21 bits per heavy atom. The standard InChI is InChI=1S/C19H14BrClN4O2S/c1-25-18(16-9-11-8-12(20)2-7-15(11)27-16)23-24-19(25)28-10-17(26)22-14-5-3-13(21)4-6-14/h2-9H,10H2,1H3,(H,22,26). The van der Waals surface area contributed by atoms with Crippen LogP contribution in [-0.2, 0) is 11.8 Å². The first-order valence-corrected chi connectivity index (χ1v) is 10.4. The summed E-state index contributed by atoms with van der Waals surface area (Å²) in [5.41, 5.74) is 1.47. The summed E-state index contributed by atoms with van der Waals surface area (Å²) in [6.07, 6.45) is 0. The summed E-state index contributed by atoms with van der Waals surface area (Å²) < 4.78 is 8.67. The monoisotopic (exact) mass is 476 g/mol. The Bertz CT molecular complexity index is 1160. The molecule has 142 valence electrons. The maximum absolute atomic E-state index is 12.2. The van der Waals surface area contributed by atoms with E-state index < -0.39 is 0 Å². The van der Waals surface area contributed by atoms with Gasteiger partial charge in [0.2, 0.25) is 5.91 Å². The molecule has 2 heterocycles. The molecule has 0 saturated carbocycles. The summed E-state index contributed by atoms with van der Waals surface area (Å²) >= 11 is 10.6. The lowest BCUT2D eigenvalue weighted by Crippen LogP contribution is -2.14. The maximum atomic E-state index is 12.2. The fourth-order valence-corrected chi connectivity index (χ4v) is 3.86. The van der Waals surface area contributed by atoms with Gasteiger partial charge in [0.25, 0.3) is 0 Å². The summed E-state index contributed by atoms with van der Waals surface area (Å²) in [4.78, 5) is 12.2. The molecule has 4 rings (SSSR count). The number of furan rings is 1. The van der Waals surface area contributed by atoms with E-state index in [1.54, 1.807) is 24.3 Å². The van der Waals surface area contributed by atoms with Gasteiger partial charge in [-0.05, 0) is 48.5 Å². The van der Waals surface area contributed by atoms with E-state index in [4.69, 9.17) is 16.0 Å². The van der Waals surface area contributed by atoms with Crippen LogP contribution in [0.25, 0.3) is 22.6 Å². The van der Waals surface area contributed by atoms with Crippen molar-refractivity contribution in [3.8, 4) is 11.6 Å². The van der Waals surface area contributed by atoms with Gasteiger partial charge < -0.3 is 14.3 Å². The van der Waals surface area contributed by atoms with Gasteiger partial charge in [-0.1, -0.05) is 39.3 Å². The van der Waals surface area contributed by atoms with Crippen molar-refractivity contribution < 1.29 is 9.21 Å². The van der Waals surface area contributed by atoms with Gasteiger partial charge in [-0.15, -0.1) is 10.2 Å². The molecule has 0 fully saturated rings. The number of hydrogen-bond donors (Lipinski definition) is 1. The number of benzene rings is 2. The molecule has 28 heavy (non-hydrogen) atoms. The van der Waals surface area contributed by atoms with E-state index in [1.807, 2.05) is 35.9 Å². The molecule has 9 heteroatoms. The van der Waals surface area contributed by atoms with Crippen LogP contribution in [-0.4, -0.2) is 26.4 Å². The number of hydrogen-bond acceptors (Lipinski definition) is 5. The average Bonchev–Trinajstić information content (AvgIpc) is 3.24. The molecule has 0 aliphatic carbocycles. The van der Waals surface area contributed by atoms with Gasteiger partial charge in [0, 0.05) is 27.6 Å². The second-order valence-corrected chi connectivity index (χ2v) is 8.30. The number of amides is 1. The SMILES string of the molecule is Cn1c(SCC(=O)Nc2ccc(Cl)cc2)nnc1-c1cc2cc(Br)ccc2o1. The highest BCUT2D eigenvalue weighted by atomic mass is 79.9. The van der Waals surface area contributed by atoms with Gasteiger partial charge in [-0.3, -0.25) is 4.79 Å². The normalized spacial score (nSPS) is 11.1. The average molecular weight is 478 g/mol. The number of nitrogens with zero attached hydrogens (tertiary/aromatic N) is 3. The van der Waals surface area contributed by atoms with Crippen molar-refractivity contribution in [2.45, 2.75) is 5.16 Å². The number of carbonyl (C=O) groups is 1. The van der Waals surface area contributed by atoms with Crippen molar-refractivity contribution in [1.29, 1.82) is 0 Å². The van der Waals surface area contributed by atoms with Crippen LogP contribution >= 0.6 is 39.3 Å². The first-order chi connectivity index (χ1) is 13.5. The highest BCUT2D eigenvalue weighted by Gasteiger charge is 2.16. The first kappa shape index (κ1) is 19.0. The number of halogens is 2. The van der Waals surface area contributed by atoms with Crippen LogP contribution in [0.1, 0.15) is 0 Å². The number of nitrogens with one attached hydrogen (secondary N) is 1. The van der Waals surface area contributed by atoms with E-state index in [-0.39, 0.29) is 11.7 Å². The molecule has 0 spiro atoms. The van der Waals surface area contributed by atoms with Crippen LogP contribution < -0.4 is 5.32 Å². The molecule has 0 radical (unpaired) electrons. The molecular formula is C19H14BrClN4O2S. The third kappa shape index (κ3) is 4.09. The Kier molecular flexibility index (Phi) is 5.43. The first-order valence-electron chi connectivity index (χ1n) is 8.27. The third-order valence-corrected chi connectivity index (χ3v) is 5.76. The van der Waals surface area contributed by atoms with Crippen molar-refractivity contribution in [3.63, 3.8) is 0 Å². The summed E-state index contributed by atoms with van der Waals surface area (Å²) in [5.74, 6) is 1.31. The summed E-state index contributed by atoms with van der Waals surface area (Å²) in [6.45, 7) is 0. The van der Waals surface area contributed by atoms with E-state index in [2.05, 4.69) is 31.4 Å². The maximum Gasteiger partial charge on any atom is 0.234 e. The number of anilines is 1. The van der Waals surface area contributed by atoms with Crippen molar-refractivity contribution in [1.82, 2.24) is 14.8 Å². The Labute approximate surface area is 178 Å². The summed E-state index contributed by atoms with van der Waals surface area (Å²) in [6, 6.07) is 14.7. The lowest BCUT2D eigenvalue weighted by Gasteiger charge is -2.05. The minimum absolute atomic E-state index is 0.134. The number of carbonyl (C=O) groups excluding carboxylic acids is 1. The zero-order valence-corrected chi connectivity index (χ0v) is 17.8. The molecule has 0 aliphatic rings. The molecule has 0 atom stereocenters. The summed E-state index contributed by atoms with van der Waals surface area (Å²) in [5, 5.41) is 13.4. The second-order valence-electron chi connectivity index (χ2n) is 6.00. The lowest BCUT2D eigenvalue weighted by molar-refractivity contribution is -0.113. The zero-order chi connectivity index (χ0) is 19.7.